The Kier molecular flexibility index (Phi) is 5.68. The Hall–Kier alpha value is -3.34. The molecular weight excluding hydrogens is 479 g/mol. The third kappa shape index (κ3) is 4.20. The average Bonchev–Trinajstić information content (AvgIpc) is 3.15. The largest absolute Gasteiger partial charge is 0.480 e. The summed E-state index contributed by atoms with van der Waals surface area (Å²) in [5.41, 5.74) is 0.470. The predicted molar refractivity (Wildman–Crippen MR) is 120 cm³/mol. The summed E-state index contributed by atoms with van der Waals surface area (Å²) in [6.07, 6.45) is 1.70. The molecule has 2 N–H and O–H groups in total. The summed E-state index contributed by atoms with van der Waals surface area (Å²) >= 11 is 11.9. The van der Waals surface area contributed by atoms with Crippen molar-refractivity contribution in [3.8, 4) is 5.82 Å². The molecule has 2 heterocycles. The number of rotatable bonds is 6. The van der Waals surface area contributed by atoms with Gasteiger partial charge in [-0.15, -0.1) is 0 Å². The van der Waals surface area contributed by atoms with Gasteiger partial charge in [0.25, 0.3) is 15.6 Å². The summed E-state index contributed by atoms with van der Waals surface area (Å²) in [5.74, 6) is -0.882. The average molecular weight is 493 g/mol. The highest BCUT2D eigenvalue weighted by atomic mass is 35.5. The molecule has 0 atom stereocenters. The SMILES string of the molecule is O=C(O)CN(c1ccc2c(ccn2-c2ccc(=O)[nH]n2)c1)S(=O)(=O)c1cc(Cl)cc(Cl)c1. The fraction of sp³-hybridized carbons (Fsp3) is 0.0500. The van der Waals surface area contributed by atoms with Crippen LogP contribution in [0, 0.1) is 0 Å². The molecule has 0 fully saturated rings. The van der Waals surface area contributed by atoms with Gasteiger partial charge in [0.15, 0.2) is 5.82 Å². The molecule has 4 aromatic rings. The molecule has 0 spiro atoms. The second-order valence-electron chi connectivity index (χ2n) is 6.72. The van der Waals surface area contributed by atoms with E-state index in [0.717, 1.165) is 4.31 Å². The first-order valence-corrected chi connectivity index (χ1v) is 11.2. The first kappa shape index (κ1) is 21.9. The van der Waals surface area contributed by atoms with Crippen LogP contribution in [-0.2, 0) is 14.8 Å². The molecule has 0 aliphatic carbocycles. The lowest BCUT2D eigenvalue weighted by molar-refractivity contribution is -0.135. The van der Waals surface area contributed by atoms with E-state index in [1.165, 1.54) is 36.4 Å². The standard InChI is InChI=1S/C20H14Cl2N4O5S/c21-13-8-14(22)10-16(9-13)32(30,31)26(11-20(28)29)15-1-2-17-12(7-15)5-6-25(17)18-3-4-19(27)24-23-18/h1-10H,11H2,(H,24,27)(H,28,29). The number of carbonyl (C=O) groups is 1. The van der Waals surface area contributed by atoms with Gasteiger partial charge in [0.05, 0.1) is 16.1 Å². The molecule has 0 saturated carbocycles. The molecule has 0 radical (unpaired) electrons. The minimum Gasteiger partial charge on any atom is -0.480 e. The molecular formula is C20H14Cl2N4O5S. The number of aromatic nitrogens is 3. The molecule has 4 rings (SSSR count). The zero-order valence-electron chi connectivity index (χ0n) is 16.1. The molecule has 0 aliphatic heterocycles. The van der Waals surface area contributed by atoms with Gasteiger partial charge in [-0.3, -0.25) is 18.5 Å². The Morgan fingerprint density at radius 3 is 2.41 bits per heavy atom. The van der Waals surface area contributed by atoms with E-state index < -0.39 is 22.5 Å². The number of nitrogens with one attached hydrogen (secondary N) is 1. The first-order chi connectivity index (χ1) is 15.1. The van der Waals surface area contributed by atoms with Crippen molar-refractivity contribution in [3.63, 3.8) is 0 Å². The number of hydrogen-bond donors (Lipinski definition) is 2. The van der Waals surface area contributed by atoms with Crippen LogP contribution in [0.25, 0.3) is 16.7 Å². The molecule has 0 aliphatic rings. The molecule has 2 aromatic heterocycles. The molecule has 12 heteroatoms. The highest BCUT2D eigenvalue weighted by Gasteiger charge is 2.28. The maximum Gasteiger partial charge on any atom is 0.324 e. The number of aromatic amines is 1. The Labute approximate surface area is 191 Å². The monoisotopic (exact) mass is 492 g/mol. The maximum atomic E-state index is 13.3. The van der Waals surface area contributed by atoms with Crippen LogP contribution in [0.1, 0.15) is 0 Å². The summed E-state index contributed by atoms with van der Waals surface area (Å²) in [6, 6.07) is 13.0. The van der Waals surface area contributed by atoms with Gasteiger partial charge in [0, 0.05) is 27.7 Å². The summed E-state index contributed by atoms with van der Waals surface area (Å²) < 4.78 is 29.0. The lowest BCUT2D eigenvalue weighted by Crippen LogP contribution is -2.35. The van der Waals surface area contributed by atoms with E-state index in [-0.39, 0.29) is 26.2 Å². The third-order valence-electron chi connectivity index (χ3n) is 4.58. The van der Waals surface area contributed by atoms with Gasteiger partial charge in [0.2, 0.25) is 0 Å². The van der Waals surface area contributed by atoms with Crippen LogP contribution >= 0.6 is 23.2 Å². The Balaban J connectivity index is 1.82. The van der Waals surface area contributed by atoms with Gasteiger partial charge < -0.3 is 5.11 Å². The molecule has 32 heavy (non-hydrogen) atoms. The van der Waals surface area contributed by atoms with Gasteiger partial charge in [-0.2, -0.15) is 5.10 Å². The van der Waals surface area contributed by atoms with Gasteiger partial charge >= 0.3 is 5.97 Å². The van der Waals surface area contributed by atoms with Crippen LogP contribution in [0.2, 0.25) is 10.0 Å². The van der Waals surface area contributed by atoms with Gasteiger partial charge in [-0.25, -0.2) is 13.5 Å². The van der Waals surface area contributed by atoms with E-state index in [9.17, 15) is 23.1 Å². The number of halogens is 2. The molecule has 2 aromatic carbocycles. The number of sulfonamides is 1. The van der Waals surface area contributed by atoms with Crippen molar-refractivity contribution < 1.29 is 18.3 Å². The zero-order valence-corrected chi connectivity index (χ0v) is 18.4. The molecule has 0 amide bonds. The number of anilines is 1. The van der Waals surface area contributed by atoms with E-state index in [4.69, 9.17) is 23.2 Å². The lowest BCUT2D eigenvalue weighted by atomic mass is 10.2. The van der Waals surface area contributed by atoms with E-state index in [1.54, 1.807) is 29.0 Å². The Morgan fingerprint density at radius 2 is 1.78 bits per heavy atom. The summed E-state index contributed by atoms with van der Waals surface area (Å²) in [7, 11) is -4.29. The number of fused-ring (bicyclic) bond motifs is 1. The minimum absolute atomic E-state index is 0.104. The van der Waals surface area contributed by atoms with Crippen LogP contribution < -0.4 is 9.86 Å². The van der Waals surface area contributed by atoms with Crippen molar-refractivity contribution in [2.75, 3.05) is 10.8 Å². The van der Waals surface area contributed by atoms with Crippen molar-refractivity contribution in [3.05, 3.63) is 81.2 Å². The number of carboxylic acids is 1. The fourth-order valence-corrected chi connectivity index (χ4v) is 5.33. The van der Waals surface area contributed by atoms with Gasteiger partial charge in [0.1, 0.15) is 6.54 Å². The van der Waals surface area contributed by atoms with Crippen LogP contribution in [-0.4, -0.2) is 40.8 Å². The second-order valence-corrected chi connectivity index (χ2v) is 9.45. The molecule has 9 nitrogen and oxygen atoms in total. The van der Waals surface area contributed by atoms with Crippen LogP contribution in [0.3, 0.4) is 0 Å². The number of aliphatic carboxylic acids is 1. The number of carboxylic acid groups (broad SMARTS) is 1. The third-order valence-corrected chi connectivity index (χ3v) is 6.76. The van der Waals surface area contributed by atoms with E-state index >= 15 is 0 Å². The Bertz CT molecular complexity index is 1470. The van der Waals surface area contributed by atoms with Crippen molar-refractivity contribution in [1.82, 2.24) is 14.8 Å². The minimum atomic E-state index is -4.29. The fourth-order valence-electron chi connectivity index (χ4n) is 3.20. The highest BCUT2D eigenvalue weighted by Crippen LogP contribution is 2.31. The topological polar surface area (TPSA) is 125 Å². The summed E-state index contributed by atoms with van der Waals surface area (Å²) in [5, 5.41) is 16.5. The summed E-state index contributed by atoms with van der Waals surface area (Å²) in [6.45, 7) is -0.805. The van der Waals surface area contributed by atoms with Gasteiger partial charge in [-0.1, -0.05) is 23.2 Å². The van der Waals surface area contributed by atoms with Crippen molar-refractivity contribution in [2.24, 2.45) is 0 Å². The number of H-pyrrole nitrogens is 1. The summed E-state index contributed by atoms with van der Waals surface area (Å²) in [4.78, 5) is 22.5. The van der Waals surface area contributed by atoms with Crippen LogP contribution in [0.5, 0.6) is 0 Å². The van der Waals surface area contributed by atoms with Crippen molar-refractivity contribution in [1.29, 1.82) is 0 Å². The van der Waals surface area contributed by atoms with E-state index in [0.29, 0.717) is 16.7 Å². The second kappa shape index (κ2) is 8.30. The molecule has 0 unspecified atom stereocenters. The predicted octanol–water partition coefficient (Wildman–Crippen LogP) is 3.30. The van der Waals surface area contributed by atoms with Gasteiger partial charge in [-0.05, 0) is 48.5 Å². The smallest absolute Gasteiger partial charge is 0.324 e. The van der Waals surface area contributed by atoms with Crippen molar-refractivity contribution in [2.45, 2.75) is 4.90 Å². The quantitative estimate of drug-likeness (QED) is 0.425. The van der Waals surface area contributed by atoms with E-state index in [1.807, 2.05) is 0 Å². The van der Waals surface area contributed by atoms with Crippen LogP contribution in [0.4, 0.5) is 5.69 Å². The number of nitrogens with zero attached hydrogens (tertiary/aromatic N) is 3. The molecule has 0 bridgehead atoms. The number of hydrogen-bond acceptors (Lipinski definition) is 5. The molecule has 164 valence electrons. The normalized spacial score (nSPS) is 11.6. The number of benzene rings is 2. The Morgan fingerprint density at radius 1 is 1.06 bits per heavy atom. The molecule has 0 saturated heterocycles. The maximum absolute atomic E-state index is 13.3. The van der Waals surface area contributed by atoms with E-state index in [2.05, 4.69) is 10.2 Å². The lowest BCUT2D eigenvalue weighted by Gasteiger charge is -2.23. The zero-order chi connectivity index (χ0) is 23.0. The van der Waals surface area contributed by atoms with Crippen molar-refractivity contribution >= 4 is 55.8 Å². The highest BCUT2D eigenvalue weighted by molar-refractivity contribution is 7.92. The first-order valence-electron chi connectivity index (χ1n) is 9.03. The van der Waals surface area contributed by atoms with Crippen LogP contribution in [0.15, 0.2) is 70.5 Å².